The van der Waals surface area contributed by atoms with Crippen LogP contribution in [-0.2, 0) is 9.59 Å². The predicted octanol–water partition coefficient (Wildman–Crippen LogP) is 3.09. The zero-order valence-corrected chi connectivity index (χ0v) is 15.2. The van der Waals surface area contributed by atoms with Gasteiger partial charge in [-0.25, -0.2) is 14.0 Å². The van der Waals surface area contributed by atoms with Gasteiger partial charge in [0.25, 0.3) is 0 Å². The maximum Gasteiger partial charge on any atom is 0.414 e. The Kier molecular flexibility index (Phi) is 6.10. The van der Waals surface area contributed by atoms with E-state index in [1.54, 1.807) is 12.1 Å². The molecule has 0 atom stereocenters. The average molecular weight is 388 g/mol. The molecule has 7 nitrogen and oxygen atoms in total. The summed E-state index contributed by atoms with van der Waals surface area (Å²) in [5.41, 5.74) is 1.94. The molecular formula is C20H21FN2O5. The van der Waals surface area contributed by atoms with Crippen molar-refractivity contribution in [3.63, 3.8) is 0 Å². The number of carboxylic acids is 2. The molecule has 1 aromatic heterocycles. The summed E-state index contributed by atoms with van der Waals surface area (Å²) in [6.45, 7) is 4.07. The molecule has 0 saturated carbocycles. The molecule has 2 aromatic carbocycles. The van der Waals surface area contributed by atoms with Gasteiger partial charge in [0.05, 0.1) is 5.52 Å². The maximum absolute atomic E-state index is 13.4. The van der Waals surface area contributed by atoms with Gasteiger partial charge in [0.2, 0.25) is 0 Å². The van der Waals surface area contributed by atoms with Crippen molar-refractivity contribution in [2.24, 2.45) is 0 Å². The first-order chi connectivity index (χ1) is 13.4. The van der Waals surface area contributed by atoms with Crippen LogP contribution < -0.4 is 4.74 Å². The molecule has 28 heavy (non-hydrogen) atoms. The minimum atomic E-state index is -1.82. The second kappa shape index (κ2) is 8.71. The zero-order chi connectivity index (χ0) is 20.1. The van der Waals surface area contributed by atoms with Crippen LogP contribution in [0, 0.1) is 5.82 Å². The normalized spacial score (nSPS) is 14.0. The van der Waals surface area contributed by atoms with Crippen molar-refractivity contribution >= 4 is 33.7 Å². The lowest BCUT2D eigenvalue weighted by molar-refractivity contribution is -0.159. The summed E-state index contributed by atoms with van der Waals surface area (Å²) in [6.07, 6.45) is 2.61. The smallest absolute Gasteiger partial charge is 0.414 e. The lowest BCUT2D eigenvalue weighted by atomic mass is 10.1. The first-order valence-corrected chi connectivity index (χ1v) is 8.96. The van der Waals surface area contributed by atoms with E-state index < -0.39 is 11.9 Å². The van der Waals surface area contributed by atoms with Gasteiger partial charge in [-0.2, -0.15) is 0 Å². The molecule has 0 bridgehead atoms. The highest BCUT2D eigenvalue weighted by atomic mass is 19.1. The number of aromatic nitrogens is 1. The lowest BCUT2D eigenvalue weighted by Crippen LogP contribution is -2.25. The van der Waals surface area contributed by atoms with Crippen molar-refractivity contribution < 1.29 is 28.9 Å². The number of carbonyl (C=O) groups is 2. The summed E-state index contributed by atoms with van der Waals surface area (Å²) in [6, 6.07) is 10.8. The number of hydrogen-bond acceptors (Lipinski definition) is 4. The molecule has 2 heterocycles. The SMILES string of the molecule is Fc1ccc2[nH]c3cc(OCCN4CCCC4)ccc3c2c1.O=C(O)C(=O)O. The number of likely N-dealkylation sites (tertiary alicyclic amines) is 1. The van der Waals surface area contributed by atoms with Crippen LogP contribution in [-0.4, -0.2) is 58.3 Å². The number of rotatable bonds is 4. The van der Waals surface area contributed by atoms with Gasteiger partial charge in [-0.1, -0.05) is 0 Å². The number of aromatic amines is 1. The third-order valence-electron chi connectivity index (χ3n) is 4.59. The van der Waals surface area contributed by atoms with E-state index in [9.17, 15) is 4.39 Å². The van der Waals surface area contributed by atoms with Gasteiger partial charge in [-0.3, -0.25) is 4.90 Å². The zero-order valence-electron chi connectivity index (χ0n) is 15.2. The first-order valence-electron chi connectivity index (χ1n) is 8.96. The summed E-state index contributed by atoms with van der Waals surface area (Å²) in [5.74, 6) is -3.00. The van der Waals surface area contributed by atoms with Gasteiger partial charge in [-0.15, -0.1) is 0 Å². The lowest BCUT2D eigenvalue weighted by Gasteiger charge is -2.14. The Hall–Kier alpha value is -3.13. The molecule has 3 aromatic rings. The highest BCUT2D eigenvalue weighted by Crippen LogP contribution is 2.28. The molecule has 0 radical (unpaired) electrons. The predicted molar refractivity (Wildman–Crippen MR) is 102 cm³/mol. The molecule has 0 amide bonds. The van der Waals surface area contributed by atoms with E-state index in [1.165, 1.54) is 32.0 Å². The number of aliphatic carboxylic acids is 2. The molecule has 4 rings (SSSR count). The van der Waals surface area contributed by atoms with E-state index >= 15 is 0 Å². The van der Waals surface area contributed by atoms with Crippen LogP contribution in [0.1, 0.15) is 12.8 Å². The number of benzene rings is 2. The Labute approximate surface area is 160 Å². The monoisotopic (exact) mass is 388 g/mol. The van der Waals surface area contributed by atoms with Crippen LogP contribution in [0.2, 0.25) is 0 Å². The number of nitrogens with one attached hydrogen (secondary N) is 1. The minimum Gasteiger partial charge on any atom is -0.492 e. The molecule has 1 aliphatic rings. The van der Waals surface area contributed by atoms with Crippen molar-refractivity contribution in [3.05, 3.63) is 42.2 Å². The number of fused-ring (bicyclic) bond motifs is 3. The van der Waals surface area contributed by atoms with E-state index in [0.717, 1.165) is 34.1 Å². The standard InChI is InChI=1S/C18H19FN2O.C2H2O4/c19-13-3-6-17-16(11-13)15-5-4-14(12-18(15)20-17)22-10-9-21-7-1-2-8-21;3-1(4)2(5)6/h3-6,11-12,20H,1-2,7-10H2;(H,3,4)(H,5,6). The molecule has 1 saturated heterocycles. The summed E-state index contributed by atoms with van der Waals surface area (Å²) >= 11 is 0. The fourth-order valence-electron chi connectivity index (χ4n) is 3.24. The Balaban J connectivity index is 0.000000330. The summed E-state index contributed by atoms with van der Waals surface area (Å²) < 4.78 is 19.3. The van der Waals surface area contributed by atoms with Crippen LogP contribution >= 0.6 is 0 Å². The van der Waals surface area contributed by atoms with Gasteiger partial charge in [0, 0.05) is 28.9 Å². The average Bonchev–Trinajstić information content (AvgIpc) is 3.29. The highest BCUT2D eigenvalue weighted by Gasteiger charge is 2.11. The highest BCUT2D eigenvalue weighted by molar-refractivity contribution is 6.27. The number of ether oxygens (including phenoxy) is 1. The maximum atomic E-state index is 13.4. The molecule has 1 fully saturated rings. The quantitative estimate of drug-likeness (QED) is 0.594. The second-order valence-corrected chi connectivity index (χ2v) is 6.53. The summed E-state index contributed by atoms with van der Waals surface area (Å²) in [7, 11) is 0. The van der Waals surface area contributed by atoms with Gasteiger partial charge >= 0.3 is 11.9 Å². The van der Waals surface area contributed by atoms with Gasteiger partial charge in [-0.05, 0) is 56.3 Å². The fraction of sp³-hybridized carbons (Fsp3) is 0.300. The van der Waals surface area contributed by atoms with Gasteiger partial charge < -0.3 is 19.9 Å². The third-order valence-corrected chi connectivity index (χ3v) is 4.59. The largest absolute Gasteiger partial charge is 0.492 e. The second-order valence-electron chi connectivity index (χ2n) is 6.53. The van der Waals surface area contributed by atoms with Crippen molar-refractivity contribution in [2.45, 2.75) is 12.8 Å². The first kappa shape index (κ1) is 19.6. The van der Waals surface area contributed by atoms with Crippen LogP contribution in [0.3, 0.4) is 0 Å². The molecule has 148 valence electrons. The van der Waals surface area contributed by atoms with Crippen molar-refractivity contribution in [3.8, 4) is 5.75 Å². The third kappa shape index (κ3) is 4.77. The molecule has 3 N–H and O–H groups in total. The Bertz CT molecular complexity index is 983. The summed E-state index contributed by atoms with van der Waals surface area (Å²) in [4.78, 5) is 24.0. The summed E-state index contributed by atoms with van der Waals surface area (Å²) in [5, 5.41) is 16.7. The number of halogens is 1. The van der Waals surface area contributed by atoms with Gasteiger partial charge in [0.15, 0.2) is 0 Å². The molecule has 8 heteroatoms. The van der Waals surface area contributed by atoms with E-state index in [-0.39, 0.29) is 5.82 Å². The van der Waals surface area contributed by atoms with E-state index in [1.807, 2.05) is 18.2 Å². The van der Waals surface area contributed by atoms with E-state index in [0.29, 0.717) is 6.61 Å². The Morgan fingerprint density at radius 2 is 1.71 bits per heavy atom. The Morgan fingerprint density at radius 1 is 1.00 bits per heavy atom. The molecule has 1 aliphatic heterocycles. The van der Waals surface area contributed by atoms with Crippen molar-refractivity contribution in [1.29, 1.82) is 0 Å². The van der Waals surface area contributed by atoms with Crippen LogP contribution in [0.25, 0.3) is 21.8 Å². The number of hydrogen-bond donors (Lipinski definition) is 3. The van der Waals surface area contributed by atoms with Crippen molar-refractivity contribution in [2.75, 3.05) is 26.2 Å². The fourth-order valence-corrected chi connectivity index (χ4v) is 3.24. The van der Waals surface area contributed by atoms with Crippen LogP contribution in [0.15, 0.2) is 36.4 Å². The number of carboxylic acid groups (broad SMARTS) is 2. The van der Waals surface area contributed by atoms with Gasteiger partial charge in [0.1, 0.15) is 18.2 Å². The van der Waals surface area contributed by atoms with E-state index in [4.69, 9.17) is 24.5 Å². The minimum absolute atomic E-state index is 0.209. The van der Waals surface area contributed by atoms with Crippen LogP contribution in [0.4, 0.5) is 4.39 Å². The Morgan fingerprint density at radius 3 is 2.39 bits per heavy atom. The molecule has 0 unspecified atom stereocenters. The molecular weight excluding hydrogens is 367 g/mol. The number of H-pyrrole nitrogens is 1. The molecule has 0 aliphatic carbocycles. The molecule has 0 spiro atoms. The van der Waals surface area contributed by atoms with E-state index in [2.05, 4.69) is 9.88 Å². The van der Waals surface area contributed by atoms with Crippen molar-refractivity contribution in [1.82, 2.24) is 9.88 Å². The van der Waals surface area contributed by atoms with Crippen LogP contribution in [0.5, 0.6) is 5.75 Å². The number of nitrogens with zero attached hydrogens (tertiary/aromatic N) is 1. The topological polar surface area (TPSA) is 103 Å².